The van der Waals surface area contributed by atoms with Crippen molar-refractivity contribution in [1.29, 1.82) is 0 Å². The summed E-state index contributed by atoms with van der Waals surface area (Å²) in [6, 6.07) is 6.42. The third-order valence-corrected chi connectivity index (χ3v) is 5.52. The maximum atomic E-state index is 11.9. The standard InChI is InChI=1S/C18H25N3OS/c1-4-20-7-9-21(10-8-20)12-16-17(19-18(22)23-16)15-6-5-13(2)11-14(15)3/h5-6,11H,4,7-10,12H2,1-3H3,(H,19,22). The predicted octanol–water partition coefficient (Wildman–Crippen LogP) is 2.86. The molecule has 3 rings (SSSR count). The van der Waals surface area contributed by atoms with Crippen molar-refractivity contribution >= 4 is 11.3 Å². The lowest BCUT2D eigenvalue weighted by Crippen LogP contribution is -2.45. The highest BCUT2D eigenvalue weighted by atomic mass is 32.1. The molecule has 2 aromatic rings. The first-order valence-corrected chi connectivity index (χ1v) is 9.12. The quantitative estimate of drug-likeness (QED) is 0.936. The molecule has 1 aliphatic rings. The molecule has 0 aliphatic carbocycles. The zero-order chi connectivity index (χ0) is 16.4. The number of likely N-dealkylation sites (N-methyl/N-ethyl adjacent to an activating group) is 1. The molecule has 1 fully saturated rings. The smallest absolute Gasteiger partial charge is 0.305 e. The molecular weight excluding hydrogens is 306 g/mol. The monoisotopic (exact) mass is 331 g/mol. The Bertz CT molecular complexity index is 726. The molecule has 0 atom stereocenters. The van der Waals surface area contributed by atoms with Gasteiger partial charge in [0.25, 0.3) is 0 Å². The number of nitrogens with one attached hydrogen (secondary N) is 1. The van der Waals surface area contributed by atoms with Crippen molar-refractivity contribution in [2.24, 2.45) is 0 Å². The number of rotatable bonds is 4. The van der Waals surface area contributed by atoms with Crippen LogP contribution in [0.25, 0.3) is 11.3 Å². The van der Waals surface area contributed by atoms with Gasteiger partial charge in [0.1, 0.15) is 0 Å². The van der Waals surface area contributed by atoms with Crippen LogP contribution in [0.4, 0.5) is 0 Å². The van der Waals surface area contributed by atoms with E-state index in [0.717, 1.165) is 55.4 Å². The molecule has 0 saturated carbocycles. The molecule has 4 nitrogen and oxygen atoms in total. The second kappa shape index (κ2) is 6.99. The van der Waals surface area contributed by atoms with Gasteiger partial charge >= 0.3 is 4.87 Å². The molecule has 23 heavy (non-hydrogen) atoms. The van der Waals surface area contributed by atoms with E-state index in [9.17, 15) is 4.79 Å². The predicted molar refractivity (Wildman–Crippen MR) is 97.2 cm³/mol. The molecular formula is C18H25N3OS. The van der Waals surface area contributed by atoms with Gasteiger partial charge in [0.05, 0.1) is 5.69 Å². The van der Waals surface area contributed by atoms with E-state index in [1.807, 2.05) is 0 Å². The Hall–Kier alpha value is -1.43. The molecule has 0 unspecified atom stereocenters. The van der Waals surface area contributed by atoms with Crippen molar-refractivity contribution in [2.45, 2.75) is 27.3 Å². The van der Waals surface area contributed by atoms with Crippen LogP contribution in [0.3, 0.4) is 0 Å². The lowest BCUT2D eigenvalue weighted by molar-refractivity contribution is 0.133. The average molecular weight is 331 g/mol. The Balaban J connectivity index is 1.82. The van der Waals surface area contributed by atoms with E-state index >= 15 is 0 Å². The van der Waals surface area contributed by atoms with Crippen LogP contribution in [-0.4, -0.2) is 47.5 Å². The fourth-order valence-electron chi connectivity index (χ4n) is 3.25. The molecule has 2 heterocycles. The van der Waals surface area contributed by atoms with Crippen molar-refractivity contribution < 1.29 is 0 Å². The second-order valence-electron chi connectivity index (χ2n) is 6.34. The first kappa shape index (κ1) is 16.4. The highest BCUT2D eigenvalue weighted by Gasteiger charge is 2.19. The number of piperazine rings is 1. The van der Waals surface area contributed by atoms with Gasteiger partial charge in [0.15, 0.2) is 0 Å². The highest BCUT2D eigenvalue weighted by molar-refractivity contribution is 7.09. The van der Waals surface area contributed by atoms with E-state index in [1.165, 1.54) is 22.5 Å². The number of thiazole rings is 1. The SMILES string of the molecule is CCN1CCN(Cc2sc(=O)[nH]c2-c2ccc(C)cc2C)CC1. The van der Waals surface area contributed by atoms with E-state index in [-0.39, 0.29) is 4.87 Å². The van der Waals surface area contributed by atoms with Gasteiger partial charge in [-0.15, -0.1) is 0 Å². The summed E-state index contributed by atoms with van der Waals surface area (Å²) in [5, 5.41) is 0. The molecule has 0 spiro atoms. The molecule has 1 aliphatic heterocycles. The summed E-state index contributed by atoms with van der Waals surface area (Å²) >= 11 is 1.36. The number of H-pyrrole nitrogens is 1. The summed E-state index contributed by atoms with van der Waals surface area (Å²) in [5.41, 5.74) is 4.63. The van der Waals surface area contributed by atoms with Crippen molar-refractivity contribution in [3.05, 3.63) is 43.9 Å². The van der Waals surface area contributed by atoms with Gasteiger partial charge in [0, 0.05) is 43.2 Å². The molecule has 124 valence electrons. The Labute approximate surface area is 141 Å². The van der Waals surface area contributed by atoms with Crippen molar-refractivity contribution in [3.8, 4) is 11.3 Å². The number of hydrogen-bond acceptors (Lipinski definition) is 4. The Morgan fingerprint density at radius 2 is 1.83 bits per heavy atom. The maximum absolute atomic E-state index is 11.9. The average Bonchev–Trinajstić information content (AvgIpc) is 2.88. The van der Waals surface area contributed by atoms with Crippen molar-refractivity contribution in [1.82, 2.24) is 14.8 Å². The fourth-order valence-corrected chi connectivity index (χ4v) is 4.14. The number of aromatic nitrogens is 1. The van der Waals surface area contributed by atoms with Gasteiger partial charge in [-0.3, -0.25) is 9.69 Å². The zero-order valence-corrected chi connectivity index (χ0v) is 15.0. The maximum Gasteiger partial charge on any atom is 0.305 e. The Morgan fingerprint density at radius 3 is 2.48 bits per heavy atom. The van der Waals surface area contributed by atoms with E-state index in [4.69, 9.17) is 0 Å². The van der Waals surface area contributed by atoms with Crippen LogP contribution in [-0.2, 0) is 6.54 Å². The van der Waals surface area contributed by atoms with Crippen LogP contribution >= 0.6 is 11.3 Å². The Kier molecular flexibility index (Phi) is 4.99. The van der Waals surface area contributed by atoms with Crippen LogP contribution < -0.4 is 4.87 Å². The highest BCUT2D eigenvalue weighted by Crippen LogP contribution is 2.28. The number of aryl methyl sites for hydroxylation is 2. The van der Waals surface area contributed by atoms with E-state index < -0.39 is 0 Å². The third kappa shape index (κ3) is 3.74. The van der Waals surface area contributed by atoms with Crippen molar-refractivity contribution in [2.75, 3.05) is 32.7 Å². The van der Waals surface area contributed by atoms with Crippen LogP contribution in [0, 0.1) is 13.8 Å². The largest absolute Gasteiger partial charge is 0.312 e. The number of aromatic amines is 1. The summed E-state index contributed by atoms with van der Waals surface area (Å²) in [6.45, 7) is 12.8. The summed E-state index contributed by atoms with van der Waals surface area (Å²) in [4.78, 5) is 21.1. The molecule has 1 N–H and O–H groups in total. The number of nitrogens with zero attached hydrogens (tertiary/aromatic N) is 2. The van der Waals surface area contributed by atoms with E-state index in [2.05, 4.69) is 53.8 Å². The minimum atomic E-state index is 0.0437. The van der Waals surface area contributed by atoms with Gasteiger partial charge in [-0.2, -0.15) is 0 Å². The van der Waals surface area contributed by atoms with Crippen LogP contribution in [0.2, 0.25) is 0 Å². The minimum absolute atomic E-state index is 0.0437. The number of hydrogen-bond donors (Lipinski definition) is 1. The number of benzene rings is 1. The topological polar surface area (TPSA) is 39.3 Å². The lowest BCUT2D eigenvalue weighted by atomic mass is 10.0. The van der Waals surface area contributed by atoms with Gasteiger partial charge in [-0.25, -0.2) is 0 Å². The summed E-state index contributed by atoms with van der Waals surface area (Å²) in [6.07, 6.45) is 0. The molecule has 1 saturated heterocycles. The first-order valence-electron chi connectivity index (χ1n) is 8.31. The van der Waals surface area contributed by atoms with E-state index in [1.54, 1.807) is 0 Å². The zero-order valence-electron chi connectivity index (χ0n) is 14.2. The normalized spacial score (nSPS) is 16.8. The van der Waals surface area contributed by atoms with Crippen LogP contribution in [0.15, 0.2) is 23.0 Å². The molecule has 0 radical (unpaired) electrons. The first-order chi connectivity index (χ1) is 11.1. The van der Waals surface area contributed by atoms with Gasteiger partial charge in [0.2, 0.25) is 0 Å². The molecule has 0 bridgehead atoms. The molecule has 1 aromatic carbocycles. The van der Waals surface area contributed by atoms with E-state index in [0.29, 0.717) is 0 Å². The molecule has 1 aromatic heterocycles. The summed E-state index contributed by atoms with van der Waals surface area (Å²) in [5.74, 6) is 0. The fraction of sp³-hybridized carbons (Fsp3) is 0.500. The summed E-state index contributed by atoms with van der Waals surface area (Å²) in [7, 11) is 0. The Morgan fingerprint density at radius 1 is 1.13 bits per heavy atom. The third-order valence-electron chi connectivity index (χ3n) is 4.65. The van der Waals surface area contributed by atoms with Gasteiger partial charge in [-0.05, 0) is 26.0 Å². The molecule has 5 heteroatoms. The summed E-state index contributed by atoms with van der Waals surface area (Å²) < 4.78 is 0. The van der Waals surface area contributed by atoms with Gasteiger partial charge in [-0.1, -0.05) is 42.0 Å². The minimum Gasteiger partial charge on any atom is -0.312 e. The van der Waals surface area contributed by atoms with Crippen molar-refractivity contribution in [3.63, 3.8) is 0 Å². The van der Waals surface area contributed by atoms with Crippen LogP contribution in [0.5, 0.6) is 0 Å². The lowest BCUT2D eigenvalue weighted by Gasteiger charge is -2.33. The molecule has 0 amide bonds. The van der Waals surface area contributed by atoms with Gasteiger partial charge < -0.3 is 9.88 Å². The van der Waals surface area contributed by atoms with Crippen LogP contribution in [0.1, 0.15) is 22.9 Å². The second-order valence-corrected chi connectivity index (χ2v) is 7.41.